The SMILES string of the molecule is CC(C)c1onc(C(=O)NC2CC2)c1C(=O)O. The second-order valence-corrected chi connectivity index (χ2v) is 4.48. The zero-order valence-electron chi connectivity index (χ0n) is 9.69. The molecule has 1 heterocycles. The molecule has 2 N–H and O–H groups in total. The lowest BCUT2D eigenvalue weighted by atomic mass is 10.0. The van der Waals surface area contributed by atoms with Crippen LogP contribution in [-0.2, 0) is 0 Å². The van der Waals surface area contributed by atoms with Crippen molar-refractivity contribution in [2.24, 2.45) is 0 Å². The summed E-state index contributed by atoms with van der Waals surface area (Å²) in [6.45, 7) is 3.57. The van der Waals surface area contributed by atoms with E-state index in [2.05, 4.69) is 10.5 Å². The lowest BCUT2D eigenvalue weighted by Crippen LogP contribution is -2.27. The molecule has 2 rings (SSSR count). The van der Waals surface area contributed by atoms with Crippen LogP contribution in [0, 0.1) is 0 Å². The third-order valence-corrected chi connectivity index (χ3v) is 2.58. The Morgan fingerprint density at radius 3 is 2.59 bits per heavy atom. The van der Waals surface area contributed by atoms with Gasteiger partial charge in [0.05, 0.1) is 0 Å². The fourth-order valence-corrected chi connectivity index (χ4v) is 1.54. The van der Waals surface area contributed by atoms with Crippen molar-refractivity contribution in [1.82, 2.24) is 10.5 Å². The summed E-state index contributed by atoms with van der Waals surface area (Å²) in [5.41, 5.74) is -0.258. The normalized spacial score (nSPS) is 15.0. The van der Waals surface area contributed by atoms with E-state index < -0.39 is 11.9 Å². The van der Waals surface area contributed by atoms with Crippen LogP contribution in [0.25, 0.3) is 0 Å². The number of carbonyl (C=O) groups excluding carboxylic acids is 1. The molecule has 1 aliphatic carbocycles. The molecular weight excluding hydrogens is 224 g/mol. The van der Waals surface area contributed by atoms with Crippen molar-refractivity contribution in [3.05, 3.63) is 17.0 Å². The van der Waals surface area contributed by atoms with Crippen molar-refractivity contribution in [1.29, 1.82) is 0 Å². The van der Waals surface area contributed by atoms with Crippen LogP contribution in [0.15, 0.2) is 4.52 Å². The van der Waals surface area contributed by atoms with E-state index in [1.807, 2.05) is 0 Å². The maximum atomic E-state index is 11.8. The Morgan fingerprint density at radius 2 is 2.12 bits per heavy atom. The minimum absolute atomic E-state index is 0.127. The molecule has 0 aliphatic heterocycles. The van der Waals surface area contributed by atoms with Gasteiger partial charge >= 0.3 is 5.97 Å². The summed E-state index contributed by atoms with van der Waals surface area (Å²) >= 11 is 0. The highest BCUT2D eigenvalue weighted by atomic mass is 16.5. The summed E-state index contributed by atoms with van der Waals surface area (Å²) in [7, 11) is 0. The van der Waals surface area contributed by atoms with E-state index in [-0.39, 0.29) is 29.0 Å². The topological polar surface area (TPSA) is 92.4 Å². The Balaban J connectivity index is 2.32. The number of carbonyl (C=O) groups is 2. The fourth-order valence-electron chi connectivity index (χ4n) is 1.54. The molecule has 0 bridgehead atoms. The highest BCUT2D eigenvalue weighted by Crippen LogP contribution is 2.24. The van der Waals surface area contributed by atoms with Crippen LogP contribution in [0.5, 0.6) is 0 Å². The first kappa shape index (κ1) is 11.6. The lowest BCUT2D eigenvalue weighted by molar-refractivity contribution is 0.0688. The van der Waals surface area contributed by atoms with Gasteiger partial charge in [0.2, 0.25) is 0 Å². The first-order valence-corrected chi connectivity index (χ1v) is 5.54. The molecule has 1 fully saturated rings. The molecule has 1 aromatic rings. The summed E-state index contributed by atoms with van der Waals surface area (Å²) in [5, 5.41) is 15.4. The highest BCUT2D eigenvalue weighted by Gasteiger charge is 2.31. The third kappa shape index (κ3) is 2.30. The first-order chi connectivity index (χ1) is 8.00. The predicted octanol–water partition coefficient (Wildman–Crippen LogP) is 1.39. The molecule has 0 spiro atoms. The van der Waals surface area contributed by atoms with Gasteiger partial charge in [0.25, 0.3) is 5.91 Å². The minimum Gasteiger partial charge on any atom is -0.477 e. The Labute approximate surface area is 98.0 Å². The standard InChI is InChI=1S/C11H14N2O4/c1-5(2)9-7(11(15)16)8(13-17-9)10(14)12-6-3-4-6/h5-6H,3-4H2,1-2H3,(H,12,14)(H,15,16). The number of nitrogens with one attached hydrogen (secondary N) is 1. The molecule has 6 heteroatoms. The minimum atomic E-state index is -1.18. The van der Waals surface area contributed by atoms with Crippen LogP contribution in [0.4, 0.5) is 0 Å². The van der Waals surface area contributed by atoms with E-state index in [9.17, 15) is 9.59 Å². The summed E-state index contributed by atoms with van der Waals surface area (Å²) in [6, 6.07) is 0.156. The van der Waals surface area contributed by atoms with E-state index >= 15 is 0 Å². The van der Waals surface area contributed by atoms with Crippen LogP contribution >= 0.6 is 0 Å². The van der Waals surface area contributed by atoms with Crippen LogP contribution in [0.2, 0.25) is 0 Å². The zero-order chi connectivity index (χ0) is 12.6. The zero-order valence-corrected chi connectivity index (χ0v) is 9.69. The number of carboxylic acids is 1. The Hall–Kier alpha value is -1.85. The average Bonchev–Trinajstić information content (AvgIpc) is 2.93. The van der Waals surface area contributed by atoms with Crippen molar-refractivity contribution >= 4 is 11.9 Å². The van der Waals surface area contributed by atoms with E-state index in [0.717, 1.165) is 12.8 Å². The molecule has 92 valence electrons. The first-order valence-electron chi connectivity index (χ1n) is 5.54. The van der Waals surface area contributed by atoms with Crippen LogP contribution < -0.4 is 5.32 Å². The molecule has 1 aromatic heterocycles. The van der Waals surface area contributed by atoms with Crippen LogP contribution in [-0.4, -0.2) is 28.2 Å². The molecule has 1 aliphatic rings. The Bertz CT molecular complexity index is 460. The predicted molar refractivity (Wildman–Crippen MR) is 58.0 cm³/mol. The molecular formula is C11H14N2O4. The molecule has 1 amide bonds. The van der Waals surface area contributed by atoms with Crippen molar-refractivity contribution in [2.45, 2.75) is 38.6 Å². The Kier molecular flexibility index (Phi) is 2.87. The summed E-state index contributed by atoms with van der Waals surface area (Å²) in [5.74, 6) is -1.55. The van der Waals surface area contributed by atoms with Gasteiger partial charge in [-0.05, 0) is 12.8 Å². The lowest BCUT2D eigenvalue weighted by Gasteiger charge is -2.02. The second-order valence-electron chi connectivity index (χ2n) is 4.48. The van der Waals surface area contributed by atoms with Gasteiger partial charge in [0.15, 0.2) is 11.5 Å². The fraction of sp³-hybridized carbons (Fsp3) is 0.545. The average molecular weight is 238 g/mol. The highest BCUT2D eigenvalue weighted by molar-refractivity contribution is 6.04. The summed E-state index contributed by atoms with van der Waals surface area (Å²) in [4.78, 5) is 22.9. The van der Waals surface area contributed by atoms with Gasteiger partial charge in [-0.2, -0.15) is 0 Å². The molecule has 0 unspecified atom stereocenters. The molecule has 1 saturated carbocycles. The number of hydrogen-bond donors (Lipinski definition) is 2. The van der Waals surface area contributed by atoms with Gasteiger partial charge in [-0.1, -0.05) is 19.0 Å². The number of aromatic nitrogens is 1. The van der Waals surface area contributed by atoms with Gasteiger partial charge in [-0.15, -0.1) is 0 Å². The monoisotopic (exact) mass is 238 g/mol. The van der Waals surface area contributed by atoms with Gasteiger partial charge in [0, 0.05) is 12.0 Å². The van der Waals surface area contributed by atoms with E-state index in [0.29, 0.717) is 0 Å². The van der Waals surface area contributed by atoms with Crippen molar-refractivity contribution in [2.75, 3.05) is 0 Å². The number of carboxylic acid groups (broad SMARTS) is 1. The van der Waals surface area contributed by atoms with E-state index in [1.54, 1.807) is 13.8 Å². The van der Waals surface area contributed by atoms with Crippen LogP contribution in [0.1, 0.15) is 59.2 Å². The maximum Gasteiger partial charge on any atom is 0.341 e. The molecule has 0 aromatic carbocycles. The van der Waals surface area contributed by atoms with Gasteiger partial charge in [-0.3, -0.25) is 4.79 Å². The maximum absolute atomic E-state index is 11.8. The van der Waals surface area contributed by atoms with Gasteiger partial charge in [0.1, 0.15) is 5.56 Å². The second kappa shape index (κ2) is 4.20. The van der Waals surface area contributed by atoms with Crippen molar-refractivity contribution in [3.63, 3.8) is 0 Å². The van der Waals surface area contributed by atoms with Gasteiger partial charge in [-0.25, -0.2) is 4.79 Å². The summed E-state index contributed by atoms with van der Waals surface area (Å²) < 4.78 is 4.95. The van der Waals surface area contributed by atoms with Crippen molar-refractivity contribution < 1.29 is 19.2 Å². The smallest absolute Gasteiger partial charge is 0.341 e. The van der Waals surface area contributed by atoms with Crippen LogP contribution in [0.3, 0.4) is 0 Å². The molecule has 0 atom stereocenters. The number of rotatable bonds is 4. The molecule has 0 radical (unpaired) electrons. The molecule has 17 heavy (non-hydrogen) atoms. The van der Waals surface area contributed by atoms with E-state index in [1.165, 1.54) is 0 Å². The number of amides is 1. The van der Waals surface area contributed by atoms with Crippen molar-refractivity contribution in [3.8, 4) is 0 Å². The Morgan fingerprint density at radius 1 is 1.47 bits per heavy atom. The number of nitrogens with zero attached hydrogens (tertiary/aromatic N) is 1. The molecule has 6 nitrogen and oxygen atoms in total. The van der Waals surface area contributed by atoms with E-state index in [4.69, 9.17) is 9.63 Å². The number of hydrogen-bond acceptors (Lipinski definition) is 4. The molecule has 0 saturated heterocycles. The summed E-state index contributed by atoms with van der Waals surface area (Å²) in [6.07, 6.45) is 1.87. The quantitative estimate of drug-likeness (QED) is 0.826. The number of aromatic carboxylic acids is 1. The van der Waals surface area contributed by atoms with Gasteiger partial charge < -0.3 is 14.9 Å². The third-order valence-electron chi connectivity index (χ3n) is 2.58. The largest absolute Gasteiger partial charge is 0.477 e.